The van der Waals surface area contributed by atoms with E-state index >= 15 is 0 Å². The number of hydrogen-bond acceptors (Lipinski definition) is 7. The van der Waals surface area contributed by atoms with E-state index in [0.29, 0.717) is 11.7 Å². The molecule has 9 heteroatoms. The Kier molecular flexibility index (Phi) is 4.84. The number of nitrogens with one attached hydrogen (secondary N) is 2. The summed E-state index contributed by atoms with van der Waals surface area (Å²) in [5, 5.41) is 17.8. The van der Waals surface area contributed by atoms with Crippen LogP contribution < -0.4 is 10.1 Å². The molecule has 0 unspecified atom stereocenters. The van der Waals surface area contributed by atoms with Gasteiger partial charge in [0.25, 0.3) is 11.7 Å². The van der Waals surface area contributed by atoms with Crippen LogP contribution in [-0.2, 0) is 6.61 Å². The summed E-state index contributed by atoms with van der Waals surface area (Å²) in [5.74, 6) is 0.282. The molecule has 0 saturated heterocycles. The number of amides is 1. The number of rotatable bonds is 6. The minimum Gasteiger partial charge on any atom is -0.489 e. The lowest BCUT2D eigenvalue weighted by atomic mass is 10.2. The molecule has 2 aromatic carbocycles. The number of nitrogens with zero attached hydrogens (tertiary/aromatic N) is 4. The van der Waals surface area contributed by atoms with Crippen molar-refractivity contribution in [3.63, 3.8) is 0 Å². The average Bonchev–Trinajstić information content (AvgIpc) is 3.40. The fourth-order valence-corrected chi connectivity index (χ4v) is 3.05. The fraction of sp³-hybridized carbons (Fsp3) is 0.0556. The van der Waals surface area contributed by atoms with Gasteiger partial charge in [0.2, 0.25) is 0 Å². The maximum Gasteiger partial charge on any atom is 0.299 e. The maximum absolute atomic E-state index is 11.9. The van der Waals surface area contributed by atoms with Gasteiger partial charge in [0, 0.05) is 10.9 Å². The number of hydrogen-bond donors (Lipinski definition) is 2. The number of H-pyrrole nitrogens is 1. The van der Waals surface area contributed by atoms with Crippen molar-refractivity contribution in [3.05, 3.63) is 71.4 Å². The summed E-state index contributed by atoms with van der Waals surface area (Å²) in [5.41, 5.74) is 2.81. The molecule has 0 fully saturated rings. The van der Waals surface area contributed by atoms with Crippen LogP contribution in [0.1, 0.15) is 16.2 Å². The van der Waals surface area contributed by atoms with Crippen molar-refractivity contribution in [2.45, 2.75) is 6.61 Å². The van der Waals surface area contributed by atoms with Crippen LogP contribution in [0.2, 0.25) is 0 Å². The summed E-state index contributed by atoms with van der Waals surface area (Å²) in [7, 11) is 0. The molecule has 8 nitrogen and oxygen atoms in total. The summed E-state index contributed by atoms with van der Waals surface area (Å²) >= 11 is 1.32. The molecule has 27 heavy (non-hydrogen) atoms. The van der Waals surface area contributed by atoms with Gasteiger partial charge in [0.15, 0.2) is 5.13 Å². The van der Waals surface area contributed by atoms with E-state index in [4.69, 9.17) is 4.74 Å². The highest BCUT2D eigenvalue weighted by molar-refractivity contribution is 7.14. The third kappa shape index (κ3) is 4.15. The van der Waals surface area contributed by atoms with E-state index in [-0.39, 0.29) is 5.82 Å². The molecule has 0 saturated carbocycles. The van der Waals surface area contributed by atoms with Crippen molar-refractivity contribution >= 4 is 22.4 Å². The molecule has 0 aliphatic carbocycles. The number of ether oxygens (including phenoxy) is 1. The summed E-state index contributed by atoms with van der Waals surface area (Å²) in [4.78, 5) is 16.3. The largest absolute Gasteiger partial charge is 0.489 e. The standard InChI is InChI=1S/C18H14N6O2S/c25-17(16-21-23-24-22-16)20-18-19-15(11-27-18)13-6-8-14(9-7-13)26-10-12-4-2-1-3-5-12/h1-9,11H,10H2,(H,19,20,25)(H,21,22,23,24). The van der Waals surface area contributed by atoms with Crippen LogP contribution in [-0.4, -0.2) is 31.5 Å². The first-order valence-electron chi connectivity index (χ1n) is 8.05. The minimum absolute atomic E-state index is 0.0355. The molecule has 2 aromatic heterocycles. The molecule has 0 atom stereocenters. The van der Waals surface area contributed by atoms with Gasteiger partial charge in [-0.15, -0.1) is 21.5 Å². The Labute approximate surface area is 158 Å². The number of thiazole rings is 1. The van der Waals surface area contributed by atoms with E-state index in [9.17, 15) is 4.79 Å². The van der Waals surface area contributed by atoms with E-state index in [2.05, 4.69) is 30.9 Å². The molecule has 0 aliphatic rings. The highest BCUT2D eigenvalue weighted by Crippen LogP contribution is 2.27. The van der Waals surface area contributed by atoms with Crippen molar-refractivity contribution in [3.8, 4) is 17.0 Å². The lowest BCUT2D eigenvalue weighted by Gasteiger charge is -2.06. The molecule has 1 amide bonds. The van der Waals surface area contributed by atoms with Crippen molar-refractivity contribution in [1.29, 1.82) is 0 Å². The van der Waals surface area contributed by atoms with Gasteiger partial charge in [0.05, 0.1) is 5.69 Å². The second-order valence-electron chi connectivity index (χ2n) is 5.53. The van der Waals surface area contributed by atoms with Gasteiger partial charge in [-0.3, -0.25) is 10.1 Å². The van der Waals surface area contributed by atoms with Gasteiger partial charge in [-0.1, -0.05) is 30.3 Å². The Morgan fingerprint density at radius 1 is 1.11 bits per heavy atom. The molecule has 0 aliphatic heterocycles. The van der Waals surface area contributed by atoms with Crippen LogP contribution in [0.5, 0.6) is 5.75 Å². The molecule has 0 bridgehead atoms. The smallest absolute Gasteiger partial charge is 0.299 e. The Balaban J connectivity index is 1.39. The molecule has 134 valence electrons. The third-order valence-corrected chi connectivity index (χ3v) is 4.43. The van der Waals surface area contributed by atoms with E-state index in [1.165, 1.54) is 11.3 Å². The first-order chi connectivity index (χ1) is 13.3. The van der Waals surface area contributed by atoms with Gasteiger partial charge >= 0.3 is 0 Å². The molecule has 2 heterocycles. The fourth-order valence-electron chi connectivity index (χ4n) is 2.34. The lowest BCUT2D eigenvalue weighted by Crippen LogP contribution is -2.13. The second-order valence-corrected chi connectivity index (χ2v) is 6.38. The SMILES string of the molecule is O=C(Nc1nc(-c2ccc(OCc3ccccc3)cc2)cs1)c1nn[nH]n1. The van der Waals surface area contributed by atoms with Crippen molar-refractivity contribution in [2.75, 3.05) is 5.32 Å². The van der Waals surface area contributed by atoms with Gasteiger partial charge in [0.1, 0.15) is 12.4 Å². The van der Waals surface area contributed by atoms with Crippen molar-refractivity contribution < 1.29 is 9.53 Å². The maximum atomic E-state index is 11.9. The summed E-state index contributed by atoms with van der Waals surface area (Å²) < 4.78 is 5.78. The topological polar surface area (TPSA) is 106 Å². The van der Waals surface area contributed by atoms with E-state index in [1.54, 1.807) is 0 Å². The van der Waals surface area contributed by atoms with E-state index in [0.717, 1.165) is 22.6 Å². The van der Waals surface area contributed by atoms with Gasteiger partial charge < -0.3 is 4.74 Å². The zero-order valence-corrected chi connectivity index (χ0v) is 14.8. The Morgan fingerprint density at radius 3 is 2.67 bits per heavy atom. The summed E-state index contributed by atoms with van der Waals surface area (Å²) in [6, 6.07) is 17.6. The lowest BCUT2D eigenvalue weighted by molar-refractivity contribution is 0.101. The number of carbonyl (C=O) groups is 1. The van der Waals surface area contributed by atoms with Crippen LogP contribution in [0.4, 0.5) is 5.13 Å². The molecular weight excluding hydrogens is 364 g/mol. The second kappa shape index (κ2) is 7.75. The monoisotopic (exact) mass is 378 g/mol. The summed E-state index contributed by atoms with van der Waals surface area (Å²) in [6.07, 6.45) is 0. The first-order valence-corrected chi connectivity index (χ1v) is 8.93. The number of tetrazole rings is 1. The predicted molar refractivity (Wildman–Crippen MR) is 100 cm³/mol. The number of carbonyl (C=O) groups excluding carboxylic acids is 1. The van der Waals surface area contributed by atoms with Gasteiger partial charge in [-0.25, -0.2) is 4.98 Å². The Bertz CT molecular complexity index is 1020. The van der Waals surface area contributed by atoms with E-state index < -0.39 is 5.91 Å². The zero-order chi connectivity index (χ0) is 18.5. The highest BCUT2D eigenvalue weighted by atomic mass is 32.1. The molecule has 4 rings (SSSR count). The Morgan fingerprint density at radius 2 is 1.93 bits per heavy atom. The molecule has 2 N–H and O–H groups in total. The zero-order valence-electron chi connectivity index (χ0n) is 14.0. The number of anilines is 1. The van der Waals surface area contributed by atoms with Crippen LogP contribution in [0.15, 0.2) is 60.0 Å². The van der Waals surface area contributed by atoms with Crippen molar-refractivity contribution in [1.82, 2.24) is 25.6 Å². The van der Waals surface area contributed by atoms with Gasteiger partial charge in [-0.2, -0.15) is 5.21 Å². The number of aromatic nitrogens is 5. The molecule has 0 radical (unpaired) electrons. The minimum atomic E-state index is -0.464. The quantitative estimate of drug-likeness (QED) is 0.534. The molecule has 4 aromatic rings. The van der Waals surface area contributed by atoms with Crippen LogP contribution in [0.25, 0.3) is 11.3 Å². The summed E-state index contributed by atoms with van der Waals surface area (Å²) in [6.45, 7) is 0.517. The first kappa shape index (κ1) is 16.9. The number of benzene rings is 2. The van der Waals surface area contributed by atoms with Crippen molar-refractivity contribution in [2.24, 2.45) is 0 Å². The normalized spacial score (nSPS) is 10.5. The molecule has 0 spiro atoms. The third-order valence-electron chi connectivity index (χ3n) is 3.67. The number of aromatic amines is 1. The Hall–Kier alpha value is -3.59. The van der Waals surface area contributed by atoms with Crippen LogP contribution >= 0.6 is 11.3 Å². The van der Waals surface area contributed by atoms with Crippen LogP contribution in [0, 0.1) is 0 Å². The van der Waals surface area contributed by atoms with Gasteiger partial charge in [-0.05, 0) is 35.0 Å². The van der Waals surface area contributed by atoms with E-state index in [1.807, 2.05) is 60.0 Å². The molecular formula is C18H14N6O2S. The van der Waals surface area contributed by atoms with Crippen LogP contribution in [0.3, 0.4) is 0 Å². The predicted octanol–water partition coefficient (Wildman–Crippen LogP) is 3.15. The highest BCUT2D eigenvalue weighted by Gasteiger charge is 2.13. The average molecular weight is 378 g/mol.